The van der Waals surface area contributed by atoms with Gasteiger partial charge in [-0.2, -0.15) is 0 Å². The van der Waals surface area contributed by atoms with Crippen LogP contribution in [0, 0.1) is 11.6 Å². The Hall–Kier alpha value is -2.99. The average Bonchev–Trinajstić information content (AvgIpc) is 3.43. The molecule has 1 amide bonds. The molecule has 1 atom stereocenters. The largest absolute Gasteiger partial charge is 0.480 e. The molecular weight excluding hydrogens is 498 g/mol. The van der Waals surface area contributed by atoms with Gasteiger partial charge in [0.05, 0.1) is 17.9 Å². The zero-order valence-electron chi connectivity index (χ0n) is 19.8. The predicted molar refractivity (Wildman–Crippen MR) is 130 cm³/mol. The number of ether oxygens (including phenoxy) is 2. The summed E-state index contributed by atoms with van der Waals surface area (Å²) >= 11 is 2.51. The highest BCUT2D eigenvalue weighted by atomic mass is 32.2. The number of rotatable bonds is 11. The maximum absolute atomic E-state index is 14.0. The molecular formula is C23H26F2N4O4S2. The third kappa shape index (κ3) is 6.57. The van der Waals surface area contributed by atoms with Crippen molar-refractivity contribution in [3.05, 3.63) is 52.2 Å². The quantitative estimate of drug-likeness (QED) is 0.270. The van der Waals surface area contributed by atoms with Crippen molar-refractivity contribution in [2.24, 2.45) is 0 Å². The lowest BCUT2D eigenvalue weighted by Crippen LogP contribution is -2.17. The predicted octanol–water partition coefficient (Wildman–Crippen LogP) is 5.25. The second-order valence-corrected chi connectivity index (χ2v) is 9.37. The van der Waals surface area contributed by atoms with E-state index in [2.05, 4.69) is 15.5 Å². The molecule has 188 valence electrons. The van der Waals surface area contributed by atoms with Crippen LogP contribution < -0.4 is 10.1 Å². The Labute approximate surface area is 210 Å². The lowest BCUT2D eigenvalue weighted by Gasteiger charge is -2.16. The van der Waals surface area contributed by atoms with Gasteiger partial charge in [-0.15, -0.1) is 21.5 Å². The van der Waals surface area contributed by atoms with Gasteiger partial charge in [-0.1, -0.05) is 18.7 Å². The number of esters is 1. The van der Waals surface area contributed by atoms with E-state index in [1.165, 1.54) is 29.2 Å². The minimum absolute atomic E-state index is 0.0294. The number of nitrogens with one attached hydrogen (secondary N) is 1. The third-order valence-corrected chi connectivity index (χ3v) is 7.00. The first-order valence-electron chi connectivity index (χ1n) is 11.0. The summed E-state index contributed by atoms with van der Waals surface area (Å²) in [5, 5.41) is 12.0. The van der Waals surface area contributed by atoms with Gasteiger partial charge in [-0.3, -0.25) is 4.79 Å². The molecule has 2 aromatic heterocycles. The summed E-state index contributed by atoms with van der Waals surface area (Å²) < 4.78 is 39.6. The molecule has 2 heterocycles. The van der Waals surface area contributed by atoms with Gasteiger partial charge in [0.15, 0.2) is 28.7 Å². The summed E-state index contributed by atoms with van der Waals surface area (Å²) in [6, 6.07) is 4.81. The van der Waals surface area contributed by atoms with E-state index in [-0.39, 0.29) is 24.0 Å². The highest BCUT2D eigenvalue weighted by Crippen LogP contribution is 2.30. The summed E-state index contributed by atoms with van der Waals surface area (Å²) in [5.41, 5.74) is 0.338. The lowest BCUT2D eigenvalue weighted by atomic mass is 10.2. The Morgan fingerprint density at radius 2 is 1.97 bits per heavy atom. The van der Waals surface area contributed by atoms with E-state index in [9.17, 15) is 18.4 Å². The molecule has 1 N–H and O–H groups in total. The number of thioether (sulfide) groups is 1. The molecule has 0 aliphatic heterocycles. The normalized spacial score (nSPS) is 11.8. The van der Waals surface area contributed by atoms with Crippen LogP contribution in [0.1, 0.15) is 54.9 Å². The number of hydrogen-bond donors (Lipinski definition) is 1. The summed E-state index contributed by atoms with van der Waals surface area (Å²) in [6.45, 7) is 7.98. The monoisotopic (exact) mass is 524 g/mol. The molecule has 0 fully saturated rings. The number of hydrogen-bond acceptors (Lipinski definition) is 8. The van der Waals surface area contributed by atoms with E-state index in [0.29, 0.717) is 28.1 Å². The van der Waals surface area contributed by atoms with Gasteiger partial charge in [0.25, 0.3) is 0 Å². The van der Waals surface area contributed by atoms with E-state index in [0.717, 1.165) is 23.4 Å². The molecule has 3 aromatic rings. The van der Waals surface area contributed by atoms with Crippen molar-refractivity contribution >= 4 is 40.0 Å². The molecule has 0 spiro atoms. The fourth-order valence-electron chi connectivity index (χ4n) is 3.18. The second-order valence-electron chi connectivity index (χ2n) is 7.29. The van der Waals surface area contributed by atoms with Gasteiger partial charge < -0.3 is 19.4 Å². The van der Waals surface area contributed by atoms with E-state index < -0.39 is 23.7 Å². The van der Waals surface area contributed by atoms with E-state index in [4.69, 9.17) is 9.47 Å². The number of amides is 1. The van der Waals surface area contributed by atoms with Gasteiger partial charge in [-0.25, -0.2) is 13.6 Å². The number of carbonyl (C=O) groups is 2. The minimum atomic E-state index is -0.812. The molecule has 0 aliphatic carbocycles. The summed E-state index contributed by atoms with van der Waals surface area (Å²) in [4.78, 5) is 25.8. The Bertz CT molecular complexity index is 1200. The summed E-state index contributed by atoms with van der Waals surface area (Å²) in [6.07, 6.45) is 0.0582. The summed E-state index contributed by atoms with van der Waals surface area (Å²) in [5.74, 6) is -1.93. The molecule has 12 heteroatoms. The van der Waals surface area contributed by atoms with Gasteiger partial charge in [0.2, 0.25) is 5.91 Å². The minimum Gasteiger partial charge on any atom is -0.480 e. The van der Waals surface area contributed by atoms with Gasteiger partial charge in [-0.05, 0) is 45.4 Å². The Morgan fingerprint density at radius 3 is 2.63 bits per heavy atom. The molecule has 0 saturated carbocycles. The van der Waals surface area contributed by atoms with Crippen LogP contribution in [-0.2, 0) is 22.5 Å². The maximum Gasteiger partial charge on any atom is 0.341 e. The Balaban J connectivity index is 1.67. The van der Waals surface area contributed by atoms with Crippen LogP contribution in [0.25, 0.3) is 0 Å². The van der Waals surface area contributed by atoms with Crippen LogP contribution in [0.5, 0.6) is 5.75 Å². The zero-order valence-corrected chi connectivity index (χ0v) is 21.4. The molecule has 0 radical (unpaired) electrons. The van der Waals surface area contributed by atoms with Crippen molar-refractivity contribution in [3.8, 4) is 5.75 Å². The van der Waals surface area contributed by atoms with E-state index in [1.807, 2.05) is 13.8 Å². The maximum atomic E-state index is 14.0. The fraction of sp³-hybridized carbons (Fsp3) is 0.391. The van der Waals surface area contributed by atoms with Crippen molar-refractivity contribution in [1.29, 1.82) is 0 Å². The lowest BCUT2D eigenvalue weighted by molar-refractivity contribution is -0.113. The van der Waals surface area contributed by atoms with Crippen LogP contribution in [0.15, 0.2) is 29.4 Å². The van der Waals surface area contributed by atoms with Crippen molar-refractivity contribution in [2.45, 2.75) is 51.9 Å². The van der Waals surface area contributed by atoms with Crippen molar-refractivity contribution < 1.29 is 27.8 Å². The number of nitrogens with zero attached hydrogens (tertiary/aromatic N) is 3. The van der Waals surface area contributed by atoms with Crippen molar-refractivity contribution in [2.75, 3.05) is 17.7 Å². The van der Waals surface area contributed by atoms with Gasteiger partial charge >= 0.3 is 5.97 Å². The number of aryl methyl sites for hydroxylation is 1. The first-order valence-corrected chi connectivity index (χ1v) is 12.8. The van der Waals surface area contributed by atoms with Crippen LogP contribution in [0.2, 0.25) is 0 Å². The highest BCUT2D eigenvalue weighted by Gasteiger charge is 2.22. The molecule has 3 rings (SSSR count). The van der Waals surface area contributed by atoms with Gasteiger partial charge in [0.1, 0.15) is 10.8 Å². The van der Waals surface area contributed by atoms with Crippen LogP contribution in [0.4, 0.5) is 13.8 Å². The molecule has 1 aromatic carbocycles. The van der Waals surface area contributed by atoms with Gasteiger partial charge in [0, 0.05) is 17.5 Å². The van der Waals surface area contributed by atoms with E-state index in [1.54, 1.807) is 24.5 Å². The van der Waals surface area contributed by atoms with Crippen LogP contribution >= 0.6 is 23.1 Å². The SMILES string of the molecule is CCOC(=O)c1cc(CC)sc1NC(=O)CSc1nnc(C(C)Oc2ccc(F)cc2F)n1CC. The number of anilines is 1. The Morgan fingerprint density at radius 1 is 1.20 bits per heavy atom. The number of benzene rings is 1. The first-order chi connectivity index (χ1) is 16.8. The molecule has 0 saturated heterocycles. The number of thiophene rings is 1. The highest BCUT2D eigenvalue weighted by molar-refractivity contribution is 7.99. The molecule has 0 aliphatic rings. The van der Waals surface area contributed by atoms with Crippen LogP contribution in [-0.4, -0.2) is 39.0 Å². The fourth-order valence-corrected chi connectivity index (χ4v) is 4.99. The topological polar surface area (TPSA) is 95.3 Å². The molecule has 35 heavy (non-hydrogen) atoms. The molecule has 0 bridgehead atoms. The van der Waals surface area contributed by atoms with Crippen molar-refractivity contribution in [3.63, 3.8) is 0 Å². The average molecular weight is 525 g/mol. The number of carbonyl (C=O) groups excluding carboxylic acids is 2. The zero-order chi connectivity index (χ0) is 25.5. The molecule has 1 unspecified atom stereocenters. The first kappa shape index (κ1) is 26.6. The number of halogens is 2. The smallest absolute Gasteiger partial charge is 0.341 e. The molecule has 8 nitrogen and oxygen atoms in total. The van der Waals surface area contributed by atoms with Crippen molar-refractivity contribution in [1.82, 2.24) is 14.8 Å². The second kappa shape index (κ2) is 12.1. The summed E-state index contributed by atoms with van der Waals surface area (Å²) in [7, 11) is 0. The Kier molecular flexibility index (Phi) is 9.21. The third-order valence-electron chi connectivity index (χ3n) is 4.84. The van der Waals surface area contributed by atoms with E-state index >= 15 is 0 Å². The number of aromatic nitrogens is 3. The van der Waals surface area contributed by atoms with Crippen LogP contribution in [0.3, 0.4) is 0 Å². The standard InChI is InChI=1S/C23H26F2N4O4S2/c1-5-15-11-16(22(31)32-7-3)21(35-15)26-19(30)12-34-23-28-27-20(29(23)6-2)13(4)33-18-9-8-14(24)10-17(18)25/h8-11,13H,5-7,12H2,1-4H3,(H,26,30).